The van der Waals surface area contributed by atoms with Crippen LogP contribution in [0.4, 0.5) is 4.79 Å². The van der Waals surface area contributed by atoms with Gasteiger partial charge >= 0.3 is 6.09 Å². The van der Waals surface area contributed by atoms with Crippen molar-refractivity contribution in [2.75, 3.05) is 13.2 Å². The van der Waals surface area contributed by atoms with Gasteiger partial charge in [-0.25, -0.2) is 9.78 Å². The second kappa shape index (κ2) is 5.97. The minimum absolute atomic E-state index is 0.0952. The Morgan fingerprint density at radius 1 is 1.59 bits per heavy atom. The number of amides is 1. The number of primary amides is 1. The summed E-state index contributed by atoms with van der Waals surface area (Å²) in [4.78, 5) is 15.9. The number of nitrogens with two attached hydrogens (primary N) is 1. The van der Waals surface area contributed by atoms with Gasteiger partial charge in [0.15, 0.2) is 0 Å². The summed E-state index contributed by atoms with van der Waals surface area (Å²) >= 11 is 1.70. The highest BCUT2D eigenvalue weighted by atomic mass is 32.1. The molecule has 1 aromatic rings. The molecule has 0 bridgehead atoms. The van der Waals surface area contributed by atoms with Crippen molar-refractivity contribution < 1.29 is 9.53 Å². The van der Waals surface area contributed by atoms with E-state index in [1.165, 1.54) is 4.88 Å². The predicted octanol–water partition coefficient (Wildman–Crippen LogP) is 1.63. The Hall–Kier alpha value is -1.14. The molecule has 0 aliphatic heterocycles. The Balaban J connectivity index is 2.28. The van der Waals surface area contributed by atoms with Crippen LogP contribution in [-0.4, -0.2) is 24.2 Å². The minimum Gasteiger partial charge on any atom is -0.448 e. The number of nitrogens with zero attached hydrogens (tertiary/aromatic N) is 1. The van der Waals surface area contributed by atoms with E-state index in [2.05, 4.69) is 35.8 Å². The first kappa shape index (κ1) is 13.9. The van der Waals surface area contributed by atoms with Gasteiger partial charge in [-0.1, -0.05) is 20.8 Å². The third-order valence-electron chi connectivity index (χ3n) is 2.02. The largest absolute Gasteiger partial charge is 0.448 e. The van der Waals surface area contributed by atoms with Crippen molar-refractivity contribution in [2.45, 2.75) is 32.7 Å². The third-order valence-corrected chi connectivity index (χ3v) is 3.44. The summed E-state index contributed by atoms with van der Waals surface area (Å²) in [5.74, 6) is 0. The Labute approximate surface area is 105 Å². The second-order valence-electron chi connectivity index (χ2n) is 4.73. The molecule has 17 heavy (non-hydrogen) atoms. The number of hydrogen-bond acceptors (Lipinski definition) is 5. The predicted molar refractivity (Wildman–Crippen MR) is 68.1 cm³/mol. The Morgan fingerprint density at radius 3 is 2.82 bits per heavy atom. The lowest BCUT2D eigenvalue weighted by Gasteiger charge is -2.13. The maximum Gasteiger partial charge on any atom is 0.404 e. The smallest absolute Gasteiger partial charge is 0.404 e. The molecule has 0 radical (unpaired) electrons. The van der Waals surface area contributed by atoms with Crippen molar-refractivity contribution in [3.8, 4) is 0 Å². The summed E-state index contributed by atoms with van der Waals surface area (Å²) in [7, 11) is 0. The van der Waals surface area contributed by atoms with Crippen molar-refractivity contribution in [1.29, 1.82) is 0 Å². The highest BCUT2D eigenvalue weighted by Gasteiger charge is 2.17. The van der Waals surface area contributed by atoms with Crippen molar-refractivity contribution in [1.82, 2.24) is 10.3 Å². The Morgan fingerprint density at radius 2 is 2.29 bits per heavy atom. The van der Waals surface area contributed by atoms with Crippen molar-refractivity contribution >= 4 is 17.4 Å². The Bertz CT molecular complexity index is 371. The van der Waals surface area contributed by atoms with Gasteiger partial charge in [0.2, 0.25) is 0 Å². The van der Waals surface area contributed by atoms with Gasteiger partial charge in [0.05, 0.1) is 5.01 Å². The average Bonchev–Trinajstić information content (AvgIpc) is 2.64. The molecule has 0 aliphatic carbocycles. The topological polar surface area (TPSA) is 77.2 Å². The summed E-state index contributed by atoms with van der Waals surface area (Å²) in [6, 6.07) is 0. The van der Waals surface area contributed by atoms with Crippen LogP contribution in [0.2, 0.25) is 0 Å². The van der Waals surface area contributed by atoms with E-state index in [-0.39, 0.29) is 5.41 Å². The number of thiazole rings is 1. The van der Waals surface area contributed by atoms with Crippen LogP contribution in [0.25, 0.3) is 0 Å². The van der Waals surface area contributed by atoms with Crippen LogP contribution in [-0.2, 0) is 16.7 Å². The van der Waals surface area contributed by atoms with Crippen LogP contribution in [0.15, 0.2) is 6.20 Å². The second-order valence-corrected chi connectivity index (χ2v) is 5.84. The van der Waals surface area contributed by atoms with Gasteiger partial charge in [-0.2, -0.15) is 0 Å². The molecule has 0 spiro atoms. The highest BCUT2D eigenvalue weighted by Crippen LogP contribution is 2.26. The number of hydrogen-bond donors (Lipinski definition) is 2. The summed E-state index contributed by atoms with van der Waals surface area (Å²) in [5, 5.41) is 4.29. The maximum atomic E-state index is 10.3. The zero-order chi connectivity index (χ0) is 12.9. The van der Waals surface area contributed by atoms with Gasteiger partial charge in [0.25, 0.3) is 0 Å². The standard InChI is InChI=1S/C11H19N3O2S/c1-11(2,3)9-14-7-8(17-9)6-13-4-5-16-10(12)15/h7,13H,4-6H2,1-3H3,(H2,12,15). The van der Waals surface area contributed by atoms with E-state index in [4.69, 9.17) is 5.73 Å². The van der Waals surface area contributed by atoms with Gasteiger partial charge in [-0.3, -0.25) is 0 Å². The molecular formula is C11H19N3O2S. The lowest BCUT2D eigenvalue weighted by atomic mass is 9.98. The SMILES string of the molecule is CC(C)(C)c1ncc(CNCCOC(N)=O)s1. The zero-order valence-corrected chi connectivity index (χ0v) is 11.3. The van der Waals surface area contributed by atoms with Crippen LogP contribution >= 0.6 is 11.3 Å². The fourth-order valence-electron chi connectivity index (χ4n) is 1.17. The average molecular weight is 257 g/mol. The fourth-order valence-corrected chi connectivity index (χ4v) is 2.11. The number of aromatic nitrogens is 1. The summed E-state index contributed by atoms with van der Waals surface area (Å²) < 4.78 is 4.60. The molecule has 6 heteroatoms. The number of ether oxygens (including phenoxy) is 1. The first-order valence-corrected chi connectivity index (χ1v) is 6.29. The molecule has 0 saturated carbocycles. The van der Waals surface area contributed by atoms with E-state index in [0.29, 0.717) is 13.2 Å². The molecule has 1 aromatic heterocycles. The van der Waals surface area contributed by atoms with Gasteiger partial charge in [-0.05, 0) is 0 Å². The molecule has 1 rings (SSSR count). The van der Waals surface area contributed by atoms with E-state index in [9.17, 15) is 4.79 Å². The fraction of sp³-hybridized carbons (Fsp3) is 0.636. The quantitative estimate of drug-likeness (QED) is 0.786. The summed E-state index contributed by atoms with van der Waals surface area (Å²) in [6.07, 6.45) is 1.15. The number of nitrogens with one attached hydrogen (secondary N) is 1. The lowest BCUT2D eigenvalue weighted by Crippen LogP contribution is -2.22. The van der Waals surface area contributed by atoms with Crippen LogP contribution in [0.1, 0.15) is 30.7 Å². The third kappa shape index (κ3) is 5.14. The van der Waals surface area contributed by atoms with Crippen LogP contribution < -0.4 is 11.1 Å². The maximum absolute atomic E-state index is 10.3. The molecule has 5 nitrogen and oxygen atoms in total. The van der Waals surface area contributed by atoms with E-state index in [1.54, 1.807) is 11.3 Å². The van der Waals surface area contributed by atoms with Crippen LogP contribution in [0, 0.1) is 0 Å². The van der Waals surface area contributed by atoms with Crippen LogP contribution in [0.5, 0.6) is 0 Å². The molecule has 0 saturated heterocycles. The number of rotatable bonds is 5. The molecular weight excluding hydrogens is 238 g/mol. The lowest BCUT2D eigenvalue weighted by molar-refractivity contribution is 0.157. The minimum atomic E-state index is -0.736. The van der Waals surface area contributed by atoms with Gasteiger partial charge in [0, 0.05) is 29.6 Å². The van der Waals surface area contributed by atoms with E-state index < -0.39 is 6.09 Å². The molecule has 0 atom stereocenters. The summed E-state index contributed by atoms with van der Waals surface area (Å²) in [6.45, 7) is 8.04. The molecule has 1 amide bonds. The van der Waals surface area contributed by atoms with Crippen molar-refractivity contribution in [3.05, 3.63) is 16.1 Å². The Kier molecular flexibility index (Phi) is 4.89. The molecule has 3 N–H and O–H groups in total. The van der Waals surface area contributed by atoms with E-state index in [1.807, 2.05) is 6.20 Å². The van der Waals surface area contributed by atoms with Gasteiger partial charge in [0.1, 0.15) is 6.61 Å². The molecule has 0 aliphatic rings. The normalized spacial score (nSPS) is 11.5. The summed E-state index contributed by atoms with van der Waals surface area (Å²) in [5.41, 5.74) is 4.94. The van der Waals surface area contributed by atoms with Crippen LogP contribution in [0.3, 0.4) is 0 Å². The van der Waals surface area contributed by atoms with Crippen molar-refractivity contribution in [2.24, 2.45) is 5.73 Å². The first-order chi connectivity index (χ1) is 7.89. The molecule has 0 fully saturated rings. The van der Waals surface area contributed by atoms with Crippen molar-refractivity contribution in [3.63, 3.8) is 0 Å². The molecule has 0 aromatic carbocycles. The number of carbonyl (C=O) groups is 1. The first-order valence-electron chi connectivity index (χ1n) is 5.47. The highest BCUT2D eigenvalue weighted by molar-refractivity contribution is 7.11. The van der Waals surface area contributed by atoms with E-state index in [0.717, 1.165) is 11.6 Å². The molecule has 96 valence electrons. The molecule has 1 heterocycles. The van der Waals surface area contributed by atoms with E-state index >= 15 is 0 Å². The van der Waals surface area contributed by atoms with Gasteiger partial charge < -0.3 is 15.8 Å². The monoisotopic (exact) mass is 257 g/mol. The number of carbonyl (C=O) groups excluding carboxylic acids is 1. The van der Waals surface area contributed by atoms with Gasteiger partial charge in [-0.15, -0.1) is 11.3 Å². The molecule has 0 unspecified atom stereocenters. The zero-order valence-electron chi connectivity index (χ0n) is 10.4.